The van der Waals surface area contributed by atoms with Gasteiger partial charge in [-0.05, 0) is 0 Å². The van der Waals surface area contributed by atoms with E-state index in [0.29, 0.717) is 0 Å². The molecule has 0 bridgehead atoms. The molecule has 0 N–H and O–H groups in total. The topological polar surface area (TPSA) is 114 Å². The van der Waals surface area contributed by atoms with Crippen molar-refractivity contribution < 1.29 is 78.5 Å². The summed E-state index contributed by atoms with van der Waals surface area (Å²) in [5.74, 6) is 0. The summed E-state index contributed by atoms with van der Waals surface area (Å²) < 4.78 is 118. The molecule has 0 aliphatic heterocycles. The minimum Gasteiger partial charge on any atom is -0.741 e. The Morgan fingerprint density at radius 2 is 0.973 bits per heavy atom. The maximum absolute atomic E-state index is 10.7. The van der Waals surface area contributed by atoms with E-state index in [9.17, 15) is 26.3 Å². The molecular formula is C22H30F6O6S2Zr. The summed E-state index contributed by atoms with van der Waals surface area (Å²) in [5, 5.41) is 0. The fraction of sp³-hybridized carbons (Fsp3) is 0.636. The molecule has 0 aromatic heterocycles. The van der Waals surface area contributed by atoms with Gasteiger partial charge in [-0.1, -0.05) is 79.1 Å². The molecule has 2 aliphatic carbocycles. The van der Waals surface area contributed by atoms with Crippen LogP contribution in [-0.2, 0) is 46.4 Å². The molecular weight excluding hydrogens is 630 g/mol. The number of rotatable bonds is 6. The van der Waals surface area contributed by atoms with E-state index in [0.717, 1.165) is 12.8 Å². The van der Waals surface area contributed by atoms with E-state index in [-0.39, 0.29) is 26.2 Å². The van der Waals surface area contributed by atoms with Gasteiger partial charge in [-0.3, -0.25) is 0 Å². The standard InChI is InChI=1S/2C10H15.2CHF3O3S.Zr/c2*1-3-4-5-10-7-6-9(2)8-10;2*2-1(3,4)8(5,6)7;/h2*7H,3-6H2,1-2H3;2*(H,5,6,7);/q2*-1;;;+4/p-2. The van der Waals surface area contributed by atoms with E-state index in [1.54, 1.807) is 0 Å². The van der Waals surface area contributed by atoms with Crippen molar-refractivity contribution >= 4 is 20.2 Å². The zero-order valence-electron chi connectivity index (χ0n) is 20.8. The van der Waals surface area contributed by atoms with Gasteiger partial charge < -0.3 is 9.11 Å². The minimum absolute atomic E-state index is 0. The molecule has 0 aromatic rings. The fourth-order valence-electron chi connectivity index (χ4n) is 2.37. The predicted octanol–water partition coefficient (Wildman–Crippen LogP) is 6.61. The third-order valence-electron chi connectivity index (χ3n) is 4.22. The van der Waals surface area contributed by atoms with Crippen molar-refractivity contribution in [3.05, 3.63) is 46.6 Å². The third-order valence-corrected chi connectivity index (χ3v) is 5.36. The van der Waals surface area contributed by atoms with Crippen molar-refractivity contribution in [2.75, 3.05) is 0 Å². The minimum atomic E-state index is -6.09. The molecule has 0 aromatic carbocycles. The van der Waals surface area contributed by atoms with Crippen LogP contribution in [-0.4, -0.2) is 37.0 Å². The summed E-state index contributed by atoms with van der Waals surface area (Å²) >= 11 is 0. The molecule has 0 amide bonds. The van der Waals surface area contributed by atoms with E-state index >= 15 is 0 Å². The first-order valence-electron chi connectivity index (χ1n) is 10.8. The molecule has 15 heteroatoms. The van der Waals surface area contributed by atoms with Crippen molar-refractivity contribution in [3.8, 4) is 0 Å². The van der Waals surface area contributed by atoms with E-state index in [4.69, 9.17) is 25.9 Å². The summed E-state index contributed by atoms with van der Waals surface area (Å²) in [6.45, 7) is 8.75. The first-order chi connectivity index (χ1) is 16.2. The van der Waals surface area contributed by atoms with Crippen molar-refractivity contribution in [2.24, 2.45) is 0 Å². The second-order valence-corrected chi connectivity index (χ2v) is 10.4. The number of allylic oxidation sites excluding steroid dienone is 8. The van der Waals surface area contributed by atoms with Gasteiger partial charge in [0.1, 0.15) is 0 Å². The molecule has 0 fully saturated rings. The molecule has 6 nitrogen and oxygen atoms in total. The summed E-state index contributed by atoms with van der Waals surface area (Å²) in [5.41, 5.74) is -5.64. The van der Waals surface area contributed by atoms with Crippen LogP contribution in [0.4, 0.5) is 26.3 Å². The van der Waals surface area contributed by atoms with Gasteiger partial charge in [-0.15, -0.1) is 0 Å². The van der Waals surface area contributed by atoms with Gasteiger partial charge in [0, 0.05) is 0 Å². The van der Waals surface area contributed by atoms with Crippen LogP contribution in [0.5, 0.6) is 0 Å². The molecule has 0 atom stereocenters. The van der Waals surface area contributed by atoms with Crippen molar-refractivity contribution in [3.63, 3.8) is 0 Å². The predicted molar refractivity (Wildman–Crippen MR) is 121 cm³/mol. The fourth-order valence-corrected chi connectivity index (χ4v) is 2.37. The number of hydrogen-bond donors (Lipinski definition) is 0. The van der Waals surface area contributed by atoms with Crippen LogP contribution in [0.1, 0.15) is 79.1 Å². The van der Waals surface area contributed by atoms with Gasteiger partial charge in [0.05, 0.1) is 0 Å². The SMILES string of the molecule is CCCCC1=CCC(C)=[C-]1.CCCCC1=CCC(C)=[C-]1.O=S(=O)([O-])C(F)(F)F.O=S(=O)([O-])C(F)(F)F.[Zr+4]. The number of halogens is 6. The number of alkyl halides is 6. The maximum atomic E-state index is 10.7. The Morgan fingerprint density at radius 3 is 1.11 bits per heavy atom. The Hall–Kier alpha value is -0.757. The van der Waals surface area contributed by atoms with E-state index < -0.39 is 31.3 Å². The molecule has 0 saturated heterocycles. The second-order valence-electron chi connectivity index (χ2n) is 7.68. The van der Waals surface area contributed by atoms with Crippen molar-refractivity contribution in [1.82, 2.24) is 0 Å². The molecule has 0 radical (unpaired) electrons. The molecule has 212 valence electrons. The van der Waals surface area contributed by atoms with E-state index in [1.807, 2.05) is 0 Å². The van der Waals surface area contributed by atoms with Crippen LogP contribution in [0, 0.1) is 12.2 Å². The Balaban J connectivity index is -0.000000416. The molecule has 2 aliphatic rings. The zero-order chi connectivity index (χ0) is 28.8. The number of hydrogen-bond acceptors (Lipinski definition) is 6. The van der Waals surface area contributed by atoms with Crippen LogP contribution in [0.25, 0.3) is 0 Å². The monoisotopic (exact) mass is 658 g/mol. The Bertz CT molecular complexity index is 927. The Labute approximate surface area is 234 Å². The first-order valence-corrected chi connectivity index (χ1v) is 13.6. The summed E-state index contributed by atoms with van der Waals surface area (Å²) in [6, 6.07) is 0. The Kier molecular flexibility index (Phi) is 20.4. The van der Waals surface area contributed by atoms with Gasteiger partial charge in [-0.2, -0.15) is 37.5 Å². The van der Waals surface area contributed by atoms with Crippen molar-refractivity contribution in [1.29, 1.82) is 0 Å². The largest absolute Gasteiger partial charge is 4.00 e. The van der Waals surface area contributed by atoms with E-state index in [1.165, 1.54) is 60.8 Å². The average molecular weight is 660 g/mol. The second kappa shape index (κ2) is 18.5. The average Bonchev–Trinajstić information content (AvgIpc) is 3.31. The smallest absolute Gasteiger partial charge is 0.741 e. The van der Waals surface area contributed by atoms with Gasteiger partial charge in [0.2, 0.25) is 0 Å². The third kappa shape index (κ3) is 20.8. The van der Waals surface area contributed by atoms with Gasteiger partial charge >= 0.3 is 37.2 Å². The van der Waals surface area contributed by atoms with Gasteiger partial charge in [0.15, 0.2) is 20.2 Å². The Morgan fingerprint density at radius 1 is 0.730 bits per heavy atom. The summed E-state index contributed by atoms with van der Waals surface area (Å²) in [6.07, 6.45) is 21.3. The molecule has 2 rings (SSSR count). The van der Waals surface area contributed by atoms with Gasteiger partial charge in [-0.25, -0.2) is 52.3 Å². The molecule has 0 spiro atoms. The summed E-state index contributed by atoms with van der Waals surface area (Å²) in [4.78, 5) is 0. The van der Waals surface area contributed by atoms with Crippen LogP contribution >= 0.6 is 0 Å². The first kappa shape index (κ1) is 40.7. The van der Waals surface area contributed by atoms with Crippen LogP contribution < -0.4 is 0 Å². The normalized spacial score (nSPS) is 15.2. The maximum Gasteiger partial charge on any atom is 4.00 e. The van der Waals surface area contributed by atoms with E-state index in [2.05, 4.69) is 52.0 Å². The quantitative estimate of drug-likeness (QED) is 0.137. The van der Waals surface area contributed by atoms with Crippen LogP contribution in [0.2, 0.25) is 0 Å². The van der Waals surface area contributed by atoms with Crippen LogP contribution in [0.3, 0.4) is 0 Å². The zero-order valence-corrected chi connectivity index (χ0v) is 24.9. The summed E-state index contributed by atoms with van der Waals surface area (Å²) in [7, 11) is -12.2. The van der Waals surface area contributed by atoms with Gasteiger partial charge in [0.25, 0.3) is 0 Å². The number of unbranched alkanes of at least 4 members (excludes halogenated alkanes) is 2. The molecule has 0 heterocycles. The molecule has 0 unspecified atom stereocenters. The molecule has 37 heavy (non-hydrogen) atoms. The van der Waals surface area contributed by atoms with Crippen LogP contribution in [0.15, 0.2) is 34.4 Å². The van der Waals surface area contributed by atoms with Crippen molar-refractivity contribution in [2.45, 2.75) is 90.1 Å². The molecule has 0 saturated carbocycles.